The predicted octanol–water partition coefficient (Wildman–Crippen LogP) is 4.10. The first-order chi connectivity index (χ1) is 16.4. The number of hydrogen-bond donors (Lipinski definition) is 4. The summed E-state index contributed by atoms with van der Waals surface area (Å²) in [6.45, 7) is 0. The van der Waals surface area contributed by atoms with E-state index in [1.165, 1.54) is 0 Å². The van der Waals surface area contributed by atoms with Gasteiger partial charge in [-0.3, -0.25) is 19.2 Å². The first-order valence-corrected chi connectivity index (χ1v) is 11.7. The second-order valence-corrected chi connectivity index (χ2v) is 8.04. The predicted molar refractivity (Wildman–Crippen MR) is 134 cm³/mol. The first kappa shape index (κ1) is 26.6. The van der Waals surface area contributed by atoms with Crippen molar-refractivity contribution in [1.82, 2.24) is 10.6 Å². The molecule has 2 aromatic carbocycles. The molecule has 0 fully saturated rings. The quantitative estimate of drug-likeness (QED) is 0.333. The number of rotatable bonds is 13. The minimum absolute atomic E-state index is 0.0637. The molecule has 0 atom stereocenters. The zero-order valence-electron chi connectivity index (χ0n) is 19.9. The molecule has 0 heterocycles. The molecule has 0 bridgehead atoms. The highest BCUT2D eigenvalue weighted by Crippen LogP contribution is 2.14. The Labute approximate surface area is 200 Å². The molecule has 182 valence electrons. The first-order valence-electron chi connectivity index (χ1n) is 11.7. The molecule has 8 nitrogen and oxygen atoms in total. The minimum atomic E-state index is -0.191. The van der Waals surface area contributed by atoms with Gasteiger partial charge in [-0.2, -0.15) is 0 Å². The summed E-state index contributed by atoms with van der Waals surface area (Å²) in [5.41, 5.74) is 2.24. The fourth-order valence-corrected chi connectivity index (χ4v) is 3.49. The highest BCUT2D eigenvalue weighted by molar-refractivity contribution is 5.97. The molecule has 0 spiro atoms. The molecular weight excluding hydrogens is 432 g/mol. The number of anilines is 2. The van der Waals surface area contributed by atoms with Crippen LogP contribution in [-0.2, 0) is 9.59 Å². The molecule has 4 N–H and O–H groups in total. The van der Waals surface area contributed by atoms with Crippen molar-refractivity contribution in [1.29, 1.82) is 0 Å². The van der Waals surface area contributed by atoms with Crippen molar-refractivity contribution in [2.75, 3.05) is 24.7 Å². The monoisotopic (exact) mass is 466 g/mol. The van der Waals surface area contributed by atoms with Gasteiger partial charge in [-0.05, 0) is 49.2 Å². The molecule has 0 radical (unpaired) electrons. The number of benzene rings is 2. The second-order valence-electron chi connectivity index (χ2n) is 8.04. The van der Waals surface area contributed by atoms with Crippen LogP contribution in [0.1, 0.15) is 72.1 Å². The van der Waals surface area contributed by atoms with E-state index in [1.807, 2.05) is 0 Å². The molecule has 34 heavy (non-hydrogen) atoms. The van der Waals surface area contributed by atoms with Gasteiger partial charge in [0.2, 0.25) is 11.8 Å². The number of amides is 4. The summed E-state index contributed by atoms with van der Waals surface area (Å²) in [5, 5.41) is 10.8. The van der Waals surface area contributed by atoms with Crippen LogP contribution >= 0.6 is 0 Å². The third kappa shape index (κ3) is 9.44. The lowest BCUT2D eigenvalue weighted by atomic mass is 10.1. The van der Waals surface area contributed by atoms with Gasteiger partial charge in [-0.1, -0.05) is 37.8 Å². The van der Waals surface area contributed by atoms with E-state index in [4.69, 9.17) is 0 Å². The Bertz CT molecular complexity index is 911. The van der Waals surface area contributed by atoms with Crippen LogP contribution in [0.2, 0.25) is 0 Å². The number of nitrogens with one attached hydrogen (secondary N) is 4. The van der Waals surface area contributed by atoms with E-state index < -0.39 is 0 Å². The zero-order chi connectivity index (χ0) is 24.8. The largest absolute Gasteiger partial charge is 0.355 e. The summed E-state index contributed by atoms with van der Waals surface area (Å²) >= 11 is 0. The minimum Gasteiger partial charge on any atom is -0.355 e. The molecule has 0 saturated carbocycles. The van der Waals surface area contributed by atoms with Crippen LogP contribution in [-0.4, -0.2) is 37.7 Å². The average molecular weight is 467 g/mol. The van der Waals surface area contributed by atoms with Crippen molar-refractivity contribution in [2.24, 2.45) is 0 Å². The Morgan fingerprint density at radius 1 is 0.588 bits per heavy atom. The zero-order valence-corrected chi connectivity index (χ0v) is 19.9. The number of unbranched alkanes of at least 4 members (excludes halogenated alkanes) is 5. The van der Waals surface area contributed by atoms with Crippen molar-refractivity contribution < 1.29 is 19.2 Å². The fraction of sp³-hybridized carbons (Fsp3) is 0.385. The molecule has 4 amide bonds. The maximum absolute atomic E-state index is 12.1. The molecule has 0 aromatic heterocycles. The highest BCUT2D eigenvalue weighted by atomic mass is 16.2. The van der Waals surface area contributed by atoms with Gasteiger partial charge in [0.15, 0.2) is 0 Å². The van der Waals surface area contributed by atoms with E-state index in [2.05, 4.69) is 21.3 Å². The summed E-state index contributed by atoms with van der Waals surface area (Å²) in [6.07, 6.45) is 6.37. The molecule has 0 aliphatic carbocycles. The molecular formula is C26H34N4O4. The van der Waals surface area contributed by atoms with Gasteiger partial charge >= 0.3 is 0 Å². The average Bonchev–Trinajstić information content (AvgIpc) is 2.84. The van der Waals surface area contributed by atoms with Crippen molar-refractivity contribution in [3.63, 3.8) is 0 Å². The van der Waals surface area contributed by atoms with E-state index >= 15 is 0 Å². The Balaban J connectivity index is 1.55. The van der Waals surface area contributed by atoms with Crippen LogP contribution in [0.3, 0.4) is 0 Å². The van der Waals surface area contributed by atoms with Crippen LogP contribution in [0.15, 0.2) is 48.5 Å². The van der Waals surface area contributed by atoms with E-state index in [0.717, 1.165) is 38.5 Å². The lowest BCUT2D eigenvalue weighted by Gasteiger charge is -2.08. The summed E-state index contributed by atoms with van der Waals surface area (Å²) in [7, 11) is 3.14. The van der Waals surface area contributed by atoms with Gasteiger partial charge in [0.25, 0.3) is 11.8 Å². The lowest BCUT2D eigenvalue weighted by Crippen LogP contribution is -2.18. The number of hydrogen-bond acceptors (Lipinski definition) is 4. The van der Waals surface area contributed by atoms with Crippen molar-refractivity contribution >= 4 is 35.0 Å². The molecule has 2 aromatic rings. The van der Waals surface area contributed by atoms with Gasteiger partial charge in [0.05, 0.1) is 0 Å². The van der Waals surface area contributed by atoms with Crippen molar-refractivity contribution in [3.8, 4) is 0 Å². The standard InChI is InChI=1S/C26H34N4O4/c1-27-25(33)19-11-9-13-21(17-19)29-23(31)15-7-5-3-4-6-8-16-24(32)30-22-14-10-12-20(18-22)26(34)28-2/h9-14,17-18H,3-8,15-16H2,1-2H3,(H,27,33)(H,28,34)(H,29,31)(H,30,32). The SMILES string of the molecule is CNC(=O)c1cccc(NC(=O)CCCCCCCCC(=O)Nc2cccc(C(=O)NC)c2)c1. The van der Waals surface area contributed by atoms with Gasteiger partial charge in [0.1, 0.15) is 0 Å². The van der Waals surface area contributed by atoms with Crippen LogP contribution < -0.4 is 21.3 Å². The number of carbonyl (C=O) groups excluding carboxylic acids is 4. The Morgan fingerprint density at radius 3 is 1.35 bits per heavy atom. The maximum Gasteiger partial charge on any atom is 0.251 e. The van der Waals surface area contributed by atoms with E-state index in [-0.39, 0.29) is 23.6 Å². The molecule has 0 unspecified atom stereocenters. The molecule has 8 heteroatoms. The summed E-state index contributed by atoms with van der Waals surface area (Å²) in [5.74, 6) is -0.509. The Kier molecular flexibility index (Phi) is 11.3. The smallest absolute Gasteiger partial charge is 0.251 e. The molecule has 0 aliphatic heterocycles. The van der Waals surface area contributed by atoms with Crippen LogP contribution in [0.25, 0.3) is 0 Å². The second kappa shape index (κ2) is 14.5. The highest BCUT2D eigenvalue weighted by Gasteiger charge is 2.08. The van der Waals surface area contributed by atoms with Crippen LogP contribution in [0.4, 0.5) is 11.4 Å². The van der Waals surface area contributed by atoms with Gasteiger partial charge in [0, 0.05) is 49.4 Å². The molecule has 0 saturated heterocycles. The summed E-state index contributed by atoms with van der Waals surface area (Å²) in [6, 6.07) is 13.7. The summed E-state index contributed by atoms with van der Waals surface area (Å²) < 4.78 is 0. The fourth-order valence-electron chi connectivity index (χ4n) is 3.49. The van der Waals surface area contributed by atoms with E-state index in [0.29, 0.717) is 35.3 Å². The van der Waals surface area contributed by atoms with Crippen molar-refractivity contribution in [3.05, 3.63) is 59.7 Å². The van der Waals surface area contributed by atoms with Crippen LogP contribution in [0.5, 0.6) is 0 Å². The van der Waals surface area contributed by atoms with E-state index in [1.54, 1.807) is 62.6 Å². The van der Waals surface area contributed by atoms with Gasteiger partial charge in [-0.25, -0.2) is 0 Å². The Hall–Kier alpha value is -3.68. The van der Waals surface area contributed by atoms with Gasteiger partial charge < -0.3 is 21.3 Å². The molecule has 0 aliphatic rings. The Morgan fingerprint density at radius 2 is 0.971 bits per heavy atom. The number of carbonyl (C=O) groups is 4. The van der Waals surface area contributed by atoms with Crippen molar-refractivity contribution in [2.45, 2.75) is 51.4 Å². The third-order valence-corrected chi connectivity index (χ3v) is 5.33. The summed E-state index contributed by atoms with van der Waals surface area (Å²) in [4.78, 5) is 47.6. The van der Waals surface area contributed by atoms with Crippen LogP contribution in [0, 0.1) is 0 Å². The maximum atomic E-state index is 12.1. The van der Waals surface area contributed by atoms with E-state index in [9.17, 15) is 19.2 Å². The third-order valence-electron chi connectivity index (χ3n) is 5.33. The topological polar surface area (TPSA) is 116 Å². The van der Waals surface area contributed by atoms with Gasteiger partial charge in [-0.15, -0.1) is 0 Å². The normalized spacial score (nSPS) is 10.3. The lowest BCUT2D eigenvalue weighted by molar-refractivity contribution is -0.117. The molecule has 2 rings (SSSR count).